The Kier molecular flexibility index (Phi) is 9.87. The summed E-state index contributed by atoms with van der Waals surface area (Å²) < 4.78 is 0. The molecule has 6 N–H and O–H groups in total. The van der Waals surface area contributed by atoms with Crippen molar-refractivity contribution in [1.29, 1.82) is 0 Å². The number of urea groups is 1. The first-order valence-corrected chi connectivity index (χ1v) is 9.05. The number of carbonyl (C=O) groups is 3. The Morgan fingerprint density at radius 2 is 1.68 bits per heavy atom. The molecule has 0 aromatic heterocycles. The van der Waals surface area contributed by atoms with Crippen LogP contribution >= 0.6 is 11.8 Å². The van der Waals surface area contributed by atoms with Crippen molar-refractivity contribution < 1.29 is 19.5 Å². The second-order valence-electron chi connectivity index (χ2n) is 4.86. The molecule has 1 aromatic rings. The first-order chi connectivity index (χ1) is 12.1. The van der Waals surface area contributed by atoms with E-state index < -0.39 is 11.8 Å². The third-order valence-corrected chi connectivity index (χ3v) is 3.49. The molecule has 0 aliphatic rings. The molecular formula is C15H23N5O4S. The molecule has 0 saturated heterocycles. The number of hydrogen-bond acceptors (Lipinski definition) is 6. The molecule has 10 heteroatoms. The summed E-state index contributed by atoms with van der Waals surface area (Å²) in [6, 6.07) is 6.30. The van der Waals surface area contributed by atoms with E-state index in [0.717, 1.165) is 5.75 Å². The number of aliphatic hydroxyl groups excluding tert-OH is 1. The quantitative estimate of drug-likeness (QED) is 0.208. The minimum absolute atomic E-state index is 0.0594. The molecule has 0 fully saturated rings. The highest BCUT2D eigenvalue weighted by Gasteiger charge is 2.11. The number of nitrogens with one attached hydrogen (secondary N) is 5. The molecule has 0 unspecified atom stereocenters. The second kappa shape index (κ2) is 12.0. The van der Waals surface area contributed by atoms with Gasteiger partial charge in [-0.25, -0.2) is 4.79 Å². The van der Waals surface area contributed by atoms with Gasteiger partial charge in [-0.3, -0.25) is 20.4 Å². The average molecular weight is 369 g/mol. The van der Waals surface area contributed by atoms with Gasteiger partial charge in [-0.1, -0.05) is 0 Å². The predicted octanol–water partition coefficient (Wildman–Crippen LogP) is 0.113. The van der Waals surface area contributed by atoms with Crippen molar-refractivity contribution in [2.75, 3.05) is 42.4 Å². The summed E-state index contributed by atoms with van der Waals surface area (Å²) >= 11 is 1.64. The maximum atomic E-state index is 11.6. The number of rotatable bonds is 9. The lowest BCUT2D eigenvalue weighted by atomic mass is 10.3. The van der Waals surface area contributed by atoms with E-state index >= 15 is 0 Å². The highest BCUT2D eigenvalue weighted by atomic mass is 32.2. The minimum Gasteiger partial charge on any atom is -0.396 e. The molecule has 0 aliphatic carbocycles. The largest absolute Gasteiger partial charge is 0.396 e. The zero-order valence-corrected chi connectivity index (χ0v) is 14.7. The van der Waals surface area contributed by atoms with Gasteiger partial charge in [-0.15, -0.1) is 0 Å². The molecule has 0 atom stereocenters. The van der Waals surface area contributed by atoms with Crippen molar-refractivity contribution in [2.45, 2.75) is 6.42 Å². The summed E-state index contributed by atoms with van der Waals surface area (Å²) in [6.45, 7) is 0.747. The van der Waals surface area contributed by atoms with Crippen LogP contribution in [0.2, 0.25) is 0 Å². The van der Waals surface area contributed by atoms with Gasteiger partial charge in [0, 0.05) is 31.1 Å². The lowest BCUT2D eigenvalue weighted by molar-refractivity contribution is -0.138. The molecule has 9 nitrogen and oxygen atoms in total. The lowest BCUT2D eigenvalue weighted by Gasteiger charge is -2.10. The fourth-order valence-corrected chi connectivity index (χ4v) is 1.93. The van der Waals surface area contributed by atoms with Gasteiger partial charge in [-0.2, -0.15) is 11.8 Å². The van der Waals surface area contributed by atoms with Gasteiger partial charge >= 0.3 is 17.8 Å². The van der Waals surface area contributed by atoms with E-state index in [2.05, 4.69) is 26.8 Å². The van der Waals surface area contributed by atoms with E-state index in [9.17, 15) is 14.4 Å². The first kappa shape index (κ1) is 20.6. The van der Waals surface area contributed by atoms with Gasteiger partial charge in [0.25, 0.3) is 0 Å². The molecule has 25 heavy (non-hydrogen) atoms. The number of hydrazine groups is 1. The molecule has 1 rings (SSSR count). The van der Waals surface area contributed by atoms with E-state index in [1.807, 2.05) is 6.26 Å². The summed E-state index contributed by atoms with van der Waals surface area (Å²) in [5.41, 5.74) is 6.00. The normalized spacial score (nSPS) is 9.84. The van der Waals surface area contributed by atoms with Crippen LogP contribution < -0.4 is 26.8 Å². The van der Waals surface area contributed by atoms with E-state index in [1.54, 1.807) is 36.0 Å². The zero-order chi connectivity index (χ0) is 18.5. The van der Waals surface area contributed by atoms with Gasteiger partial charge in [0.2, 0.25) is 0 Å². The van der Waals surface area contributed by atoms with Crippen LogP contribution in [-0.4, -0.2) is 54.7 Å². The van der Waals surface area contributed by atoms with Crippen molar-refractivity contribution >= 4 is 41.0 Å². The van der Waals surface area contributed by atoms with E-state index in [-0.39, 0.29) is 19.2 Å². The Morgan fingerprint density at radius 1 is 1.00 bits per heavy atom. The number of amides is 4. The minimum atomic E-state index is -0.840. The van der Waals surface area contributed by atoms with E-state index in [1.165, 1.54) is 0 Å². The van der Waals surface area contributed by atoms with Gasteiger partial charge in [-0.05, 0) is 36.9 Å². The molecule has 0 spiro atoms. The van der Waals surface area contributed by atoms with Crippen molar-refractivity contribution in [2.24, 2.45) is 0 Å². The van der Waals surface area contributed by atoms with Gasteiger partial charge in [0.15, 0.2) is 0 Å². The Balaban J connectivity index is 2.35. The van der Waals surface area contributed by atoms with Gasteiger partial charge in [0.05, 0.1) is 5.69 Å². The zero-order valence-electron chi connectivity index (χ0n) is 13.9. The Bertz CT molecular complexity index is 568. The first-order valence-electron chi connectivity index (χ1n) is 7.65. The number of benzene rings is 1. The second-order valence-corrected chi connectivity index (χ2v) is 5.85. The Morgan fingerprint density at radius 3 is 2.32 bits per heavy atom. The van der Waals surface area contributed by atoms with Crippen molar-refractivity contribution in [3.63, 3.8) is 0 Å². The smallest absolute Gasteiger partial charge is 0.327 e. The molecule has 4 amide bonds. The third kappa shape index (κ3) is 8.82. The predicted molar refractivity (Wildman–Crippen MR) is 98.3 cm³/mol. The molecule has 0 aliphatic heterocycles. The van der Waals surface area contributed by atoms with Crippen LogP contribution in [0.5, 0.6) is 0 Å². The Hall–Kier alpha value is -2.46. The molecule has 0 radical (unpaired) electrons. The van der Waals surface area contributed by atoms with E-state index in [4.69, 9.17) is 5.11 Å². The molecule has 0 saturated carbocycles. The SMILES string of the molecule is CSCCNC(=O)Nc1ccc(NNC(=O)C(=O)NCCCO)cc1. The topological polar surface area (TPSA) is 132 Å². The molecule has 0 heterocycles. The molecule has 0 bridgehead atoms. The van der Waals surface area contributed by atoms with Gasteiger partial charge in [0.1, 0.15) is 0 Å². The van der Waals surface area contributed by atoms with Crippen LogP contribution in [0.1, 0.15) is 6.42 Å². The van der Waals surface area contributed by atoms with Crippen molar-refractivity contribution in [1.82, 2.24) is 16.1 Å². The molecular weight excluding hydrogens is 346 g/mol. The third-order valence-electron chi connectivity index (χ3n) is 2.88. The average Bonchev–Trinajstić information content (AvgIpc) is 2.61. The standard InChI is InChI=1S/C15H23N5O4S/c1-25-10-8-17-15(24)18-11-3-5-12(6-4-11)19-20-14(23)13(22)16-7-2-9-21/h3-6,19,21H,2,7-10H2,1H3,(H,16,22)(H,20,23)(H2,17,18,24). The highest BCUT2D eigenvalue weighted by Crippen LogP contribution is 2.12. The fourth-order valence-electron chi connectivity index (χ4n) is 1.63. The summed E-state index contributed by atoms with van der Waals surface area (Å²) in [5.74, 6) is -0.793. The maximum absolute atomic E-state index is 11.6. The maximum Gasteiger partial charge on any atom is 0.327 e. The monoisotopic (exact) mass is 369 g/mol. The highest BCUT2D eigenvalue weighted by molar-refractivity contribution is 7.98. The van der Waals surface area contributed by atoms with Crippen LogP contribution in [0.25, 0.3) is 0 Å². The van der Waals surface area contributed by atoms with Crippen molar-refractivity contribution in [3.05, 3.63) is 24.3 Å². The van der Waals surface area contributed by atoms with E-state index in [0.29, 0.717) is 24.3 Å². The van der Waals surface area contributed by atoms with Crippen LogP contribution in [0.15, 0.2) is 24.3 Å². The molecule has 138 valence electrons. The van der Waals surface area contributed by atoms with Crippen LogP contribution in [0.3, 0.4) is 0 Å². The van der Waals surface area contributed by atoms with Crippen LogP contribution in [-0.2, 0) is 9.59 Å². The fraction of sp³-hybridized carbons (Fsp3) is 0.400. The number of aliphatic hydroxyl groups is 1. The summed E-state index contributed by atoms with van der Waals surface area (Å²) in [6.07, 6.45) is 2.34. The Labute approximate surface area is 150 Å². The van der Waals surface area contributed by atoms with Crippen LogP contribution in [0.4, 0.5) is 16.2 Å². The number of thioether (sulfide) groups is 1. The van der Waals surface area contributed by atoms with Crippen molar-refractivity contribution in [3.8, 4) is 0 Å². The molecule has 1 aromatic carbocycles. The number of hydrogen-bond donors (Lipinski definition) is 6. The van der Waals surface area contributed by atoms with Gasteiger partial charge < -0.3 is 21.1 Å². The van der Waals surface area contributed by atoms with Crippen LogP contribution in [0, 0.1) is 0 Å². The summed E-state index contributed by atoms with van der Waals surface area (Å²) in [4.78, 5) is 34.6. The summed E-state index contributed by atoms with van der Waals surface area (Å²) in [7, 11) is 0. The summed E-state index contributed by atoms with van der Waals surface area (Å²) in [5, 5.41) is 16.4. The number of carbonyl (C=O) groups excluding carboxylic acids is 3. The lowest BCUT2D eigenvalue weighted by Crippen LogP contribution is -2.42. The number of anilines is 2.